The molecule has 3 aromatic heterocycles. The Morgan fingerprint density at radius 1 is 1.07 bits per heavy atom. The first-order valence-electron chi connectivity index (χ1n) is 12.3. The first kappa shape index (κ1) is 29.4. The van der Waals surface area contributed by atoms with E-state index < -0.39 is 41.8 Å². The number of aliphatic hydroxyl groups excluding tert-OH is 1. The zero-order valence-corrected chi connectivity index (χ0v) is 23.8. The van der Waals surface area contributed by atoms with E-state index in [1.165, 1.54) is 54.4 Å². The molecule has 3 N–H and O–H groups in total. The molecule has 216 valence electrons. The SMILES string of the molecule is C[C@H](C(=O)N[C@H](CO)c1cc(F)cc(Cl)c1)n1cnn2cc(-c3nc(Nc4ccc(F)cc4Cl)ncc3Cl)cc2c1=O. The fourth-order valence-electron chi connectivity index (χ4n) is 4.18. The third-order valence-electron chi connectivity index (χ3n) is 6.33. The second-order valence-electron chi connectivity index (χ2n) is 9.16. The molecule has 0 radical (unpaired) electrons. The van der Waals surface area contributed by atoms with Crippen LogP contribution in [0.4, 0.5) is 20.4 Å². The van der Waals surface area contributed by atoms with Gasteiger partial charge in [-0.2, -0.15) is 5.10 Å². The Kier molecular flexibility index (Phi) is 8.41. The van der Waals surface area contributed by atoms with Gasteiger partial charge in [-0.1, -0.05) is 34.8 Å². The van der Waals surface area contributed by atoms with E-state index in [4.69, 9.17) is 34.8 Å². The lowest BCUT2D eigenvalue weighted by molar-refractivity contribution is -0.125. The highest BCUT2D eigenvalue weighted by atomic mass is 35.5. The summed E-state index contributed by atoms with van der Waals surface area (Å²) in [6.07, 6.45) is 4.08. The van der Waals surface area contributed by atoms with Gasteiger partial charge in [-0.25, -0.2) is 23.3 Å². The highest BCUT2D eigenvalue weighted by Crippen LogP contribution is 2.30. The second-order valence-corrected chi connectivity index (χ2v) is 10.4. The van der Waals surface area contributed by atoms with Crippen LogP contribution in [0.15, 0.2) is 66.0 Å². The lowest BCUT2D eigenvalue weighted by Crippen LogP contribution is -2.39. The predicted molar refractivity (Wildman–Crippen MR) is 154 cm³/mol. The highest BCUT2D eigenvalue weighted by molar-refractivity contribution is 6.33. The van der Waals surface area contributed by atoms with Crippen molar-refractivity contribution in [2.24, 2.45) is 0 Å². The highest BCUT2D eigenvalue weighted by Gasteiger charge is 2.23. The van der Waals surface area contributed by atoms with Crippen LogP contribution in [0, 0.1) is 11.6 Å². The Morgan fingerprint density at radius 2 is 1.86 bits per heavy atom. The quantitative estimate of drug-likeness (QED) is 0.210. The maximum atomic E-state index is 13.8. The summed E-state index contributed by atoms with van der Waals surface area (Å²) in [6, 6.07) is 6.96. The van der Waals surface area contributed by atoms with Gasteiger partial charge in [-0.15, -0.1) is 0 Å². The molecule has 3 heterocycles. The van der Waals surface area contributed by atoms with Gasteiger partial charge in [0.2, 0.25) is 11.9 Å². The van der Waals surface area contributed by atoms with Crippen molar-refractivity contribution in [1.82, 2.24) is 29.5 Å². The summed E-state index contributed by atoms with van der Waals surface area (Å²) in [7, 11) is 0. The molecule has 0 bridgehead atoms. The molecule has 1 amide bonds. The van der Waals surface area contributed by atoms with Gasteiger partial charge in [0, 0.05) is 16.8 Å². The number of nitrogens with one attached hydrogen (secondary N) is 2. The Morgan fingerprint density at radius 3 is 2.57 bits per heavy atom. The molecule has 10 nitrogen and oxygen atoms in total. The summed E-state index contributed by atoms with van der Waals surface area (Å²) in [5, 5.41) is 20.0. The van der Waals surface area contributed by atoms with E-state index in [-0.39, 0.29) is 37.8 Å². The summed E-state index contributed by atoms with van der Waals surface area (Å²) in [5.41, 5.74) is 0.905. The van der Waals surface area contributed by atoms with Gasteiger partial charge >= 0.3 is 0 Å². The Balaban J connectivity index is 1.41. The van der Waals surface area contributed by atoms with Crippen molar-refractivity contribution in [3.63, 3.8) is 0 Å². The number of halogens is 5. The van der Waals surface area contributed by atoms with Crippen molar-refractivity contribution in [3.05, 3.63) is 104 Å². The lowest BCUT2D eigenvalue weighted by atomic mass is 10.1. The molecule has 0 aliphatic carbocycles. The first-order chi connectivity index (χ1) is 20.0. The minimum Gasteiger partial charge on any atom is -0.394 e. The molecular weight excluding hydrogens is 615 g/mol. The van der Waals surface area contributed by atoms with Crippen molar-refractivity contribution in [1.29, 1.82) is 0 Å². The molecule has 0 saturated carbocycles. The topological polar surface area (TPSA) is 126 Å². The Labute approximate surface area is 251 Å². The third kappa shape index (κ3) is 6.07. The zero-order chi connectivity index (χ0) is 30.1. The summed E-state index contributed by atoms with van der Waals surface area (Å²) >= 11 is 18.4. The van der Waals surface area contributed by atoms with E-state index in [2.05, 4.69) is 25.7 Å². The van der Waals surface area contributed by atoms with Gasteiger partial charge in [0.15, 0.2) is 0 Å². The van der Waals surface area contributed by atoms with Crippen LogP contribution in [0.25, 0.3) is 16.8 Å². The molecule has 5 aromatic rings. The largest absolute Gasteiger partial charge is 0.394 e. The van der Waals surface area contributed by atoms with E-state index in [1.54, 1.807) is 0 Å². The molecule has 15 heteroatoms. The smallest absolute Gasteiger partial charge is 0.278 e. The molecule has 0 fully saturated rings. The fraction of sp³-hybridized carbons (Fsp3) is 0.148. The predicted octanol–water partition coefficient (Wildman–Crippen LogP) is 5.35. The zero-order valence-electron chi connectivity index (χ0n) is 21.5. The summed E-state index contributed by atoms with van der Waals surface area (Å²) in [4.78, 5) is 34.9. The molecule has 0 unspecified atom stereocenters. The number of hydrogen-bond donors (Lipinski definition) is 3. The molecular formula is C27H20Cl3F2N7O3. The van der Waals surface area contributed by atoms with E-state index in [1.807, 2.05) is 0 Å². The van der Waals surface area contributed by atoms with Crippen LogP contribution < -0.4 is 16.2 Å². The van der Waals surface area contributed by atoms with E-state index in [9.17, 15) is 23.5 Å². The number of rotatable bonds is 8. The van der Waals surface area contributed by atoms with Crippen LogP contribution in [0.1, 0.15) is 24.6 Å². The standard InChI is InChI=1S/C27H20Cl3F2N7O3/c1-13(25(41)35-22(11-40)14-4-16(28)7-18(32)5-14)38-12-34-39-10-15(6-23(39)26(38)42)24-20(30)9-33-27(37-24)36-21-3-2-17(31)8-19(21)29/h2-10,12-13,22,40H,11H2,1H3,(H,35,41)(H,33,36,37)/t13-,22-/m1/s1. The van der Waals surface area contributed by atoms with Gasteiger partial charge in [-0.05, 0) is 55.0 Å². The number of carbonyl (C=O) groups is 1. The number of amides is 1. The van der Waals surface area contributed by atoms with Crippen LogP contribution >= 0.6 is 34.8 Å². The van der Waals surface area contributed by atoms with Crippen molar-refractivity contribution < 1.29 is 18.7 Å². The molecule has 0 aliphatic heterocycles. The van der Waals surface area contributed by atoms with Gasteiger partial charge in [0.05, 0.1) is 40.3 Å². The average Bonchev–Trinajstić information content (AvgIpc) is 3.38. The van der Waals surface area contributed by atoms with Gasteiger partial charge in [0.1, 0.15) is 29.5 Å². The van der Waals surface area contributed by atoms with Crippen molar-refractivity contribution in [2.45, 2.75) is 19.0 Å². The van der Waals surface area contributed by atoms with Crippen LogP contribution in [-0.4, -0.2) is 41.8 Å². The molecule has 0 aliphatic rings. The normalized spacial score (nSPS) is 12.7. The molecule has 0 spiro atoms. The van der Waals surface area contributed by atoms with E-state index in [0.29, 0.717) is 11.3 Å². The van der Waals surface area contributed by atoms with Gasteiger partial charge in [0.25, 0.3) is 5.56 Å². The number of aromatic nitrogens is 5. The minimum absolute atomic E-state index is 0.103. The molecule has 2 atom stereocenters. The maximum Gasteiger partial charge on any atom is 0.278 e. The van der Waals surface area contributed by atoms with E-state index >= 15 is 0 Å². The number of carbonyl (C=O) groups excluding carboxylic acids is 1. The Bertz CT molecular complexity index is 1860. The first-order valence-corrected chi connectivity index (χ1v) is 13.4. The summed E-state index contributed by atoms with van der Waals surface area (Å²) in [5.74, 6) is -1.63. The molecule has 42 heavy (non-hydrogen) atoms. The minimum atomic E-state index is -1.05. The lowest BCUT2D eigenvalue weighted by Gasteiger charge is -2.21. The number of nitrogens with zero attached hydrogens (tertiary/aromatic N) is 5. The van der Waals surface area contributed by atoms with Crippen LogP contribution in [0.5, 0.6) is 0 Å². The second kappa shape index (κ2) is 12.0. The van der Waals surface area contributed by atoms with Crippen molar-refractivity contribution in [2.75, 3.05) is 11.9 Å². The van der Waals surface area contributed by atoms with Crippen LogP contribution in [0.3, 0.4) is 0 Å². The third-order valence-corrected chi connectivity index (χ3v) is 7.14. The molecule has 0 saturated heterocycles. The number of anilines is 2. The summed E-state index contributed by atoms with van der Waals surface area (Å²) < 4.78 is 29.6. The average molecular weight is 635 g/mol. The van der Waals surface area contributed by atoms with Gasteiger partial charge in [-0.3, -0.25) is 14.2 Å². The van der Waals surface area contributed by atoms with Crippen LogP contribution in [0.2, 0.25) is 15.1 Å². The summed E-state index contributed by atoms with van der Waals surface area (Å²) in [6.45, 7) is 0.946. The number of benzene rings is 2. The monoisotopic (exact) mass is 633 g/mol. The number of aliphatic hydroxyl groups is 1. The maximum absolute atomic E-state index is 13.8. The molecule has 2 aromatic carbocycles. The van der Waals surface area contributed by atoms with E-state index in [0.717, 1.165) is 22.8 Å². The fourth-order valence-corrected chi connectivity index (χ4v) is 4.82. The Hall–Kier alpha value is -4.10. The number of hydrogen-bond acceptors (Lipinski definition) is 7. The van der Waals surface area contributed by atoms with Crippen molar-refractivity contribution in [3.8, 4) is 11.3 Å². The number of fused-ring (bicyclic) bond motifs is 1. The van der Waals surface area contributed by atoms with Crippen LogP contribution in [-0.2, 0) is 4.79 Å². The van der Waals surface area contributed by atoms with Crippen molar-refractivity contribution >= 4 is 57.9 Å². The van der Waals surface area contributed by atoms with Gasteiger partial charge < -0.3 is 15.7 Å². The molecule has 5 rings (SSSR count).